The number of carbonyl (C=O) groups is 2. The maximum Gasteiger partial charge on any atom is 0.503 e. The van der Waals surface area contributed by atoms with E-state index in [4.69, 9.17) is 19.7 Å². The van der Waals surface area contributed by atoms with Crippen LogP contribution >= 0.6 is 0 Å². The third-order valence-corrected chi connectivity index (χ3v) is 3.92. The molecule has 2 fully saturated rings. The molecule has 1 unspecified atom stereocenters. The summed E-state index contributed by atoms with van der Waals surface area (Å²) >= 11 is 0. The van der Waals surface area contributed by atoms with E-state index in [9.17, 15) is 13.6 Å². The first-order valence-electron chi connectivity index (χ1n) is 7.37. The molecule has 0 aromatic carbocycles. The number of likely N-dealkylation sites (tertiary alicyclic amines) is 1. The summed E-state index contributed by atoms with van der Waals surface area (Å²) in [5, 5.41) is 17.0. The van der Waals surface area contributed by atoms with E-state index in [1.54, 1.807) is 20.8 Å². The Morgan fingerprint density at radius 3 is 2.17 bits per heavy atom. The standard InChI is InChI=1S/C13H22F2N2O2.CH2O3/c1-11(2,3)19-10(18)17-7-5-12(4-6-16-8-12)13(14,15)9-17;2-1(3)4/h16H,4-9H2,1-3H3;(H2,2,3,4). The molecule has 1 amide bonds. The number of carbonyl (C=O) groups excluding carboxylic acids is 1. The van der Waals surface area contributed by atoms with Crippen LogP contribution in [0.3, 0.4) is 0 Å². The summed E-state index contributed by atoms with van der Waals surface area (Å²) in [7, 11) is 0. The summed E-state index contributed by atoms with van der Waals surface area (Å²) in [4.78, 5) is 21.5. The van der Waals surface area contributed by atoms with Crippen LogP contribution < -0.4 is 5.32 Å². The molecular formula is C14H24F2N2O5. The van der Waals surface area contributed by atoms with Crippen molar-refractivity contribution in [2.45, 2.75) is 45.1 Å². The van der Waals surface area contributed by atoms with Gasteiger partial charge in [0, 0.05) is 13.1 Å². The number of halogens is 2. The number of hydrogen-bond donors (Lipinski definition) is 3. The summed E-state index contributed by atoms with van der Waals surface area (Å²) in [5.41, 5.74) is -1.64. The molecule has 2 aliphatic heterocycles. The van der Waals surface area contributed by atoms with E-state index in [1.807, 2.05) is 0 Å². The molecule has 0 radical (unpaired) electrons. The van der Waals surface area contributed by atoms with Gasteiger partial charge in [0.1, 0.15) is 5.60 Å². The molecule has 134 valence electrons. The molecule has 0 saturated carbocycles. The van der Waals surface area contributed by atoms with Crippen LogP contribution in [0, 0.1) is 5.41 Å². The fourth-order valence-electron chi connectivity index (χ4n) is 2.77. The van der Waals surface area contributed by atoms with Gasteiger partial charge >= 0.3 is 12.2 Å². The number of amides is 1. The lowest BCUT2D eigenvalue weighted by Crippen LogP contribution is -2.58. The molecule has 7 nitrogen and oxygen atoms in total. The number of carboxylic acid groups (broad SMARTS) is 2. The minimum absolute atomic E-state index is 0.326. The quantitative estimate of drug-likeness (QED) is 0.627. The SMILES string of the molecule is CC(C)(C)OC(=O)N1CCC2(CCNC2)C(F)(F)C1.O=C(O)O. The van der Waals surface area contributed by atoms with Gasteiger partial charge in [-0.05, 0) is 40.2 Å². The van der Waals surface area contributed by atoms with Crippen molar-refractivity contribution in [2.24, 2.45) is 5.41 Å². The smallest absolute Gasteiger partial charge is 0.450 e. The Kier molecular flexibility index (Phi) is 5.79. The molecular weight excluding hydrogens is 314 g/mol. The second-order valence-corrected chi connectivity index (χ2v) is 6.85. The van der Waals surface area contributed by atoms with Gasteiger partial charge in [0.05, 0.1) is 12.0 Å². The summed E-state index contributed by atoms with van der Waals surface area (Å²) in [6.07, 6.45) is -1.68. The van der Waals surface area contributed by atoms with E-state index in [0.29, 0.717) is 32.5 Å². The Morgan fingerprint density at radius 1 is 1.22 bits per heavy atom. The van der Waals surface area contributed by atoms with E-state index in [2.05, 4.69) is 5.32 Å². The van der Waals surface area contributed by atoms with E-state index in [1.165, 1.54) is 0 Å². The van der Waals surface area contributed by atoms with Crippen molar-refractivity contribution in [1.82, 2.24) is 10.2 Å². The van der Waals surface area contributed by atoms with Crippen molar-refractivity contribution in [2.75, 3.05) is 26.2 Å². The normalized spacial score (nSPS) is 26.4. The number of nitrogens with one attached hydrogen (secondary N) is 1. The number of piperidine rings is 1. The van der Waals surface area contributed by atoms with Crippen LogP contribution in [0.25, 0.3) is 0 Å². The van der Waals surface area contributed by atoms with E-state index < -0.39 is 35.7 Å². The van der Waals surface area contributed by atoms with Crippen molar-refractivity contribution < 1.29 is 33.3 Å². The second kappa shape index (κ2) is 6.86. The molecule has 1 atom stereocenters. The van der Waals surface area contributed by atoms with Gasteiger partial charge in [-0.1, -0.05) is 0 Å². The Labute approximate surface area is 133 Å². The first-order valence-corrected chi connectivity index (χ1v) is 7.37. The molecule has 3 N–H and O–H groups in total. The average molecular weight is 338 g/mol. The zero-order valence-electron chi connectivity index (χ0n) is 13.6. The molecule has 2 rings (SSSR count). The lowest BCUT2D eigenvalue weighted by molar-refractivity contribution is -0.157. The predicted octanol–water partition coefficient (Wildman–Crippen LogP) is 2.46. The molecule has 0 bridgehead atoms. The third kappa shape index (κ3) is 5.19. The Balaban J connectivity index is 0.000000593. The van der Waals surface area contributed by atoms with E-state index in [-0.39, 0.29) is 0 Å². The molecule has 2 heterocycles. The maximum absolute atomic E-state index is 14.3. The Hall–Kier alpha value is -1.64. The lowest BCUT2D eigenvalue weighted by atomic mass is 9.74. The van der Waals surface area contributed by atoms with Crippen molar-refractivity contribution in [3.05, 3.63) is 0 Å². The molecule has 1 spiro atoms. The van der Waals surface area contributed by atoms with Crippen LogP contribution in [-0.2, 0) is 4.74 Å². The van der Waals surface area contributed by atoms with Crippen molar-refractivity contribution >= 4 is 12.2 Å². The first-order chi connectivity index (χ1) is 10.4. The molecule has 0 aromatic heterocycles. The van der Waals surface area contributed by atoms with Crippen LogP contribution in [0.1, 0.15) is 33.6 Å². The van der Waals surface area contributed by atoms with Crippen molar-refractivity contribution in [3.63, 3.8) is 0 Å². The van der Waals surface area contributed by atoms with Crippen LogP contribution in [0.15, 0.2) is 0 Å². The maximum atomic E-state index is 14.3. The zero-order valence-corrected chi connectivity index (χ0v) is 13.6. The van der Waals surface area contributed by atoms with Crippen molar-refractivity contribution in [3.8, 4) is 0 Å². The average Bonchev–Trinajstić information content (AvgIpc) is 2.80. The minimum Gasteiger partial charge on any atom is -0.450 e. The highest BCUT2D eigenvalue weighted by Gasteiger charge is 2.58. The van der Waals surface area contributed by atoms with Gasteiger partial charge in [-0.3, -0.25) is 0 Å². The zero-order chi connectivity index (χ0) is 17.9. The fraction of sp³-hybridized carbons (Fsp3) is 0.857. The second-order valence-electron chi connectivity index (χ2n) is 6.85. The summed E-state index contributed by atoms with van der Waals surface area (Å²) in [6.45, 7) is 5.96. The molecule has 2 aliphatic rings. The first kappa shape index (κ1) is 19.4. The monoisotopic (exact) mass is 338 g/mol. The van der Waals surface area contributed by atoms with Gasteiger partial charge in [-0.15, -0.1) is 0 Å². The number of alkyl halides is 2. The lowest BCUT2D eigenvalue weighted by Gasteiger charge is -2.45. The van der Waals surface area contributed by atoms with Crippen LogP contribution in [0.4, 0.5) is 18.4 Å². The largest absolute Gasteiger partial charge is 0.503 e. The molecule has 0 aromatic rings. The number of hydrogen-bond acceptors (Lipinski definition) is 4. The van der Waals surface area contributed by atoms with Gasteiger partial charge in [0.15, 0.2) is 0 Å². The van der Waals surface area contributed by atoms with E-state index >= 15 is 0 Å². The fourth-order valence-corrected chi connectivity index (χ4v) is 2.77. The number of nitrogens with zero attached hydrogens (tertiary/aromatic N) is 1. The van der Waals surface area contributed by atoms with Crippen molar-refractivity contribution in [1.29, 1.82) is 0 Å². The van der Waals surface area contributed by atoms with E-state index in [0.717, 1.165) is 4.90 Å². The van der Waals surface area contributed by atoms with Crippen LogP contribution in [0.5, 0.6) is 0 Å². The number of rotatable bonds is 0. The number of ether oxygens (including phenoxy) is 1. The topological polar surface area (TPSA) is 99.1 Å². The Bertz CT molecular complexity index is 441. The summed E-state index contributed by atoms with van der Waals surface area (Å²) in [6, 6.07) is 0. The van der Waals surface area contributed by atoms with Gasteiger partial charge in [-0.25, -0.2) is 18.4 Å². The molecule has 0 aliphatic carbocycles. The highest BCUT2D eigenvalue weighted by molar-refractivity contribution is 5.68. The Morgan fingerprint density at radius 2 is 1.78 bits per heavy atom. The van der Waals surface area contributed by atoms with Gasteiger partial charge in [-0.2, -0.15) is 0 Å². The third-order valence-electron chi connectivity index (χ3n) is 3.92. The van der Waals surface area contributed by atoms with Gasteiger partial charge in [0.25, 0.3) is 5.92 Å². The minimum atomic E-state index is -2.86. The summed E-state index contributed by atoms with van der Waals surface area (Å²) < 4.78 is 33.8. The summed E-state index contributed by atoms with van der Waals surface area (Å²) in [5.74, 6) is -2.86. The van der Waals surface area contributed by atoms with Gasteiger partial charge in [0.2, 0.25) is 0 Å². The molecule has 2 saturated heterocycles. The highest BCUT2D eigenvalue weighted by atomic mass is 19.3. The van der Waals surface area contributed by atoms with Crippen LogP contribution in [0.2, 0.25) is 0 Å². The highest BCUT2D eigenvalue weighted by Crippen LogP contribution is 2.47. The molecule has 23 heavy (non-hydrogen) atoms. The predicted molar refractivity (Wildman–Crippen MR) is 77.9 cm³/mol. The van der Waals surface area contributed by atoms with Crippen LogP contribution in [-0.4, -0.2) is 65.1 Å². The molecule has 9 heteroatoms. The van der Waals surface area contributed by atoms with Gasteiger partial charge < -0.3 is 25.2 Å².